The van der Waals surface area contributed by atoms with Gasteiger partial charge in [0.1, 0.15) is 5.82 Å². The number of non-ortho nitro benzene ring substituents is 1. The molecule has 0 atom stereocenters. The van der Waals surface area contributed by atoms with Crippen LogP contribution in [0.1, 0.15) is 12.6 Å². The van der Waals surface area contributed by atoms with Gasteiger partial charge in [-0.1, -0.05) is 6.92 Å². The van der Waals surface area contributed by atoms with Crippen molar-refractivity contribution in [1.29, 1.82) is 0 Å². The second kappa shape index (κ2) is 5.93. The van der Waals surface area contributed by atoms with Crippen LogP contribution >= 0.6 is 0 Å². The van der Waals surface area contributed by atoms with E-state index in [2.05, 4.69) is 9.97 Å². The molecule has 1 aromatic carbocycles. The van der Waals surface area contributed by atoms with Crippen molar-refractivity contribution in [2.75, 3.05) is 11.5 Å². The number of nitrogens with zero attached hydrogens (tertiary/aromatic N) is 3. The highest BCUT2D eigenvalue weighted by Crippen LogP contribution is 2.29. The molecule has 2 aromatic rings. The van der Waals surface area contributed by atoms with Crippen LogP contribution in [-0.4, -0.2) is 20.4 Å². The Kier molecular flexibility index (Phi) is 4.54. The van der Waals surface area contributed by atoms with Crippen LogP contribution in [0, 0.1) is 10.1 Å². The summed E-state index contributed by atoms with van der Waals surface area (Å²) in [4.78, 5) is 18.2. The van der Waals surface area contributed by atoms with E-state index >= 15 is 0 Å². The maximum Gasteiger partial charge on any atom is 0.269 e. The molecule has 0 saturated carbocycles. The predicted octanol–water partition coefficient (Wildman–Crippen LogP) is 0.954. The lowest BCUT2D eigenvalue weighted by Gasteiger charge is -2.10. The number of aromatic nitrogens is 2. The summed E-state index contributed by atoms with van der Waals surface area (Å²) >= 11 is 0. The van der Waals surface area contributed by atoms with E-state index in [0.29, 0.717) is 12.0 Å². The molecule has 1 aromatic heterocycles. The van der Waals surface area contributed by atoms with Gasteiger partial charge >= 0.3 is 0 Å². The third-order valence-corrected chi connectivity index (χ3v) is 2.73. The van der Waals surface area contributed by atoms with Crippen molar-refractivity contribution in [3.63, 3.8) is 0 Å². The van der Waals surface area contributed by atoms with Gasteiger partial charge in [0, 0.05) is 17.7 Å². The molecule has 8 nitrogen and oxygen atoms in total. The highest BCUT2D eigenvalue weighted by atomic mass is 16.6. The van der Waals surface area contributed by atoms with Gasteiger partial charge in [0.25, 0.3) is 5.69 Å². The molecule has 0 spiro atoms. The first kappa shape index (κ1) is 15.3. The van der Waals surface area contributed by atoms with Crippen LogP contribution in [-0.2, 0) is 6.42 Å². The quantitative estimate of drug-likeness (QED) is 0.629. The number of nitro benzene ring substituents is 1. The highest BCUT2D eigenvalue weighted by Gasteiger charge is 2.13. The van der Waals surface area contributed by atoms with E-state index in [0.717, 1.165) is 11.3 Å². The van der Waals surface area contributed by atoms with Crippen molar-refractivity contribution in [3.8, 4) is 11.1 Å². The fourth-order valence-corrected chi connectivity index (χ4v) is 1.87. The monoisotopic (exact) mass is 277 g/mol. The fraction of sp³-hybridized carbons (Fsp3) is 0.167. The van der Waals surface area contributed by atoms with Crippen molar-refractivity contribution < 1.29 is 10.4 Å². The van der Waals surface area contributed by atoms with Crippen LogP contribution < -0.4 is 11.5 Å². The first-order valence-electron chi connectivity index (χ1n) is 5.69. The van der Waals surface area contributed by atoms with Crippen LogP contribution in [0.15, 0.2) is 24.3 Å². The van der Waals surface area contributed by atoms with E-state index in [1.165, 1.54) is 12.1 Å². The summed E-state index contributed by atoms with van der Waals surface area (Å²) in [5.74, 6) is 0.401. The molecule has 0 saturated heterocycles. The van der Waals surface area contributed by atoms with Crippen molar-refractivity contribution in [2.24, 2.45) is 0 Å². The van der Waals surface area contributed by atoms with E-state index < -0.39 is 4.92 Å². The van der Waals surface area contributed by atoms with Gasteiger partial charge in [0.15, 0.2) is 0 Å². The molecular weight excluding hydrogens is 262 g/mol. The number of anilines is 2. The molecule has 0 unspecified atom stereocenters. The van der Waals surface area contributed by atoms with Gasteiger partial charge in [-0.05, 0) is 24.1 Å². The summed E-state index contributed by atoms with van der Waals surface area (Å²) in [5, 5.41) is 10.6. The zero-order chi connectivity index (χ0) is 14.0. The Labute approximate surface area is 114 Å². The highest BCUT2D eigenvalue weighted by molar-refractivity contribution is 5.77. The molecule has 2 rings (SSSR count). The molecule has 0 aliphatic rings. The minimum atomic E-state index is -0.451. The Balaban J connectivity index is 0.00000200. The zero-order valence-corrected chi connectivity index (χ0v) is 10.8. The Morgan fingerprint density at radius 1 is 1.20 bits per heavy atom. The summed E-state index contributed by atoms with van der Waals surface area (Å²) in [6.45, 7) is 1.93. The number of hydrogen-bond acceptors (Lipinski definition) is 6. The maximum absolute atomic E-state index is 10.6. The number of nitro groups is 1. The Hall–Kier alpha value is -2.74. The second-order valence-corrected chi connectivity index (χ2v) is 3.95. The molecule has 0 bridgehead atoms. The molecule has 6 N–H and O–H groups in total. The van der Waals surface area contributed by atoms with E-state index in [1.807, 2.05) is 6.92 Å². The SMILES string of the molecule is CCc1nc(N)nc(N)c1-c1ccc([N+](=O)[O-])cc1.O. The molecule has 0 fully saturated rings. The van der Waals surface area contributed by atoms with Gasteiger partial charge in [-0.3, -0.25) is 10.1 Å². The summed E-state index contributed by atoms with van der Waals surface area (Å²) in [6.07, 6.45) is 0.642. The molecule has 20 heavy (non-hydrogen) atoms. The average Bonchev–Trinajstić information content (AvgIpc) is 2.38. The normalized spacial score (nSPS) is 9.85. The van der Waals surface area contributed by atoms with Crippen molar-refractivity contribution >= 4 is 17.5 Å². The molecule has 0 amide bonds. The zero-order valence-electron chi connectivity index (χ0n) is 10.8. The van der Waals surface area contributed by atoms with Gasteiger partial charge in [-0.2, -0.15) is 4.98 Å². The van der Waals surface area contributed by atoms with Crippen molar-refractivity contribution in [1.82, 2.24) is 9.97 Å². The van der Waals surface area contributed by atoms with Crippen LogP contribution in [0.4, 0.5) is 17.5 Å². The standard InChI is InChI=1S/C12H13N5O2.H2O/c1-2-9-10(11(13)16-12(14)15-9)7-3-5-8(6-4-7)17(18)19;/h3-6H,2H2,1H3,(H4,13,14,15,16);1H2. The van der Waals surface area contributed by atoms with Gasteiger partial charge < -0.3 is 16.9 Å². The summed E-state index contributed by atoms with van der Waals surface area (Å²) in [7, 11) is 0. The van der Waals surface area contributed by atoms with Crippen LogP contribution in [0.25, 0.3) is 11.1 Å². The number of benzene rings is 1. The molecule has 0 aliphatic carbocycles. The third kappa shape index (κ3) is 2.81. The number of nitrogens with two attached hydrogens (primary N) is 2. The van der Waals surface area contributed by atoms with Crippen LogP contribution in [0.5, 0.6) is 0 Å². The van der Waals surface area contributed by atoms with Gasteiger partial charge in [0.2, 0.25) is 5.95 Å². The second-order valence-electron chi connectivity index (χ2n) is 3.95. The Bertz CT molecular complexity index is 628. The van der Waals surface area contributed by atoms with Crippen molar-refractivity contribution in [3.05, 3.63) is 40.1 Å². The third-order valence-electron chi connectivity index (χ3n) is 2.73. The van der Waals surface area contributed by atoms with Crippen molar-refractivity contribution in [2.45, 2.75) is 13.3 Å². The summed E-state index contributed by atoms with van der Waals surface area (Å²) in [6, 6.07) is 6.10. The molecular formula is C12H15N5O3. The molecule has 106 valence electrons. The number of rotatable bonds is 3. The van der Waals surface area contributed by atoms with Gasteiger partial charge in [-0.25, -0.2) is 4.98 Å². The minimum absolute atomic E-state index is 0. The van der Waals surface area contributed by atoms with Gasteiger partial charge in [0.05, 0.1) is 10.6 Å². The maximum atomic E-state index is 10.6. The van der Waals surface area contributed by atoms with E-state index in [1.54, 1.807) is 12.1 Å². The smallest absolute Gasteiger partial charge is 0.269 e. The lowest BCUT2D eigenvalue weighted by molar-refractivity contribution is -0.384. The lowest BCUT2D eigenvalue weighted by atomic mass is 10.0. The number of aryl methyl sites for hydroxylation is 1. The lowest BCUT2D eigenvalue weighted by Crippen LogP contribution is -2.06. The van der Waals surface area contributed by atoms with Crippen LogP contribution in [0.2, 0.25) is 0 Å². The van der Waals surface area contributed by atoms with E-state index in [9.17, 15) is 10.1 Å². The summed E-state index contributed by atoms with van der Waals surface area (Å²) in [5.41, 5.74) is 13.6. The number of hydrogen-bond donors (Lipinski definition) is 2. The van der Waals surface area contributed by atoms with E-state index in [-0.39, 0.29) is 22.9 Å². The largest absolute Gasteiger partial charge is 0.412 e. The van der Waals surface area contributed by atoms with Gasteiger partial charge in [-0.15, -0.1) is 0 Å². The molecule has 0 aliphatic heterocycles. The predicted molar refractivity (Wildman–Crippen MR) is 75.9 cm³/mol. The molecule has 0 radical (unpaired) electrons. The Morgan fingerprint density at radius 3 is 2.30 bits per heavy atom. The fourth-order valence-electron chi connectivity index (χ4n) is 1.87. The summed E-state index contributed by atoms with van der Waals surface area (Å²) < 4.78 is 0. The Morgan fingerprint density at radius 2 is 1.80 bits per heavy atom. The van der Waals surface area contributed by atoms with Crippen LogP contribution in [0.3, 0.4) is 0 Å². The minimum Gasteiger partial charge on any atom is -0.412 e. The first-order chi connectivity index (χ1) is 9.02. The first-order valence-corrected chi connectivity index (χ1v) is 5.69. The molecule has 1 heterocycles. The molecule has 8 heteroatoms. The topological polar surface area (TPSA) is 152 Å². The van der Waals surface area contributed by atoms with E-state index in [4.69, 9.17) is 11.5 Å². The average molecular weight is 277 g/mol. The number of nitrogen functional groups attached to an aromatic ring is 2.